The number of aryl methyl sites for hydroxylation is 1. The second kappa shape index (κ2) is 7.23. The average molecular weight is 392 g/mol. The van der Waals surface area contributed by atoms with Crippen LogP contribution in [0, 0.1) is 0 Å². The van der Waals surface area contributed by atoms with Crippen LogP contribution >= 0.6 is 11.8 Å². The molecule has 0 bridgehead atoms. The van der Waals surface area contributed by atoms with Crippen molar-refractivity contribution in [2.75, 3.05) is 11.1 Å². The molecule has 1 aromatic carbocycles. The number of nitrogens with one attached hydrogen (secondary N) is 1. The SMILES string of the molecule is Cn1nnc(-c2cccc(CNc3nccn4c([C@@H]5CCCS5)cnc34)c2)n1. The first kappa shape index (κ1) is 17.2. The molecule has 1 atom stereocenters. The van der Waals surface area contributed by atoms with Gasteiger partial charge in [-0.3, -0.25) is 4.40 Å². The molecule has 28 heavy (non-hydrogen) atoms. The first-order valence-corrected chi connectivity index (χ1v) is 10.3. The highest BCUT2D eigenvalue weighted by Crippen LogP contribution is 2.40. The third kappa shape index (κ3) is 3.22. The number of nitrogens with zero attached hydrogens (tertiary/aromatic N) is 7. The number of hydrogen-bond acceptors (Lipinski definition) is 7. The van der Waals surface area contributed by atoms with Crippen molar-refractivity contribution in [3.05, 3.63) is 54.1 Å². The highest BCUT2D eigenvalue weighted by molar-refractivity contribution is 7.99. The lowest BCUT2D eigenvalue weighted by Crippen LogP contribution is -2.05. The van der Waals surface area contributed by atoms with Crippen LogP contribution in [0.4, 0.5) is 5.82 Å². The van der Waals surface area contributed by atoms with Crippen LogP contribution in [0.25, 0.3) is 17.0 Å². The molecule has 0 unspecified atom stereocenters. The Morgan fingerprint density at radius 2 is 2.25 bits per heavy atom. The number of imidazole rings is 1. The molecule has 1 aliphatic rings. The second-order valence-electron chi connectivity index (χ2n) is 6.81. The summed E-state index contributed by atoms with van der Waals surface area (Å²) in [4.78, 5) is 10.6. The highest BCUT2D eigenvalue weighted by Gasteiger charge is 2.22. The van der Waals surface area contributed by atoms with Gasteiger partial charge in [0.2, 0.25) is 5.82 Å². The average Bonchev–Trinajstić information content (AvgIpc) is 3.46. The van der Waals surface area contributed by atoms with E-state index in [0.717, 1.165) is 22.6 Å². The van der Waals surface area contributed by atoms with Crippen molar-refractivity contribution in [2.24, 2.45) is 7.05 Å². The molecule has 0 amide bonds. The Hall–Kier alpha value is -2.94. The molecule has 0 radical (unpaired) electrons. The number of tetrazole rings is 1. The van der Waals surface area contributed by atoms with Gasteiger partial charge in [0.05, 0.1) is 18.9 Å². The number of rotatable bonds is 5. The Bertz CT molecular complexity index is 1110. The summed E-state index contributed by atoms with van der Waals surface area (Å²) in [7, 11) is 1.76. The lowest BCUT2D eigenvalue weighted by Gasteiger charge is -2.10. The van der Waals surface area contributed by atoms with Crippen molar-refractivity contribution in [1.29, 1.82) is 0 Å². The number of thioether (sulfide) groups is 1. The maximum atomic E-state index is 4.64. The number of fused-ring (bicyclic) bond motifs is 1. The molecular formula is C19H20N8S. The molecule has 0 spiro atoms. The highest BCUT2D eigenvalue weighted by atomic mass is 32.2. The molecule has 142 valence electrons. The van der Waals surface area contributed by atoms with Gasteiger partial charge in [-0.15, -0.1) is 10.2 Å². The number of aromatic nitrogens is 7. The van der Waals surface area contributed by atoms with Gasteiger partial charge in [0.15, 0.2) is 11.5 Å². The predicted molar refractivity (Wildman–Crippen MR) is 109 cm³/mol. The Morgan fingerprint density at radius 3 is 3.07 bits per heavy atom. The van der Waals surface area contributed by atoms with E-state index in [9.17, 15) is 0 Å². The minimum atomic E-state index is 0.529. The van der Waals surface area contributed by atoms with Crippen molar-refractivity contribution in [1.82, 2.24) is 34.6 Å². The smallest absolute Gasteiger partial charge is 0.204 e. The van der Waals surface area contributed by atoms with Crippen LogP contribution in [0.5, 0.6) is 0 Å². The van der Waals surface area contributed by atoms with Gasteiger partial charge in [0.25, 0.3) is 0 Å². The van der Waals surface area contributed by atoms with Gasteiger partial charge in [-0.05, 0) is 35.4 Å². The molecule has 8 nitrogen and oxygen atoms in total. The molecule has 1 aliphatic heterocycles. The maximum Gasteiger partial charge on any atom is 0.204 e. The Morgan fingerprint density at radius 1 is 1.29 bits per heavy atom. The summed E-state index contributed by atoms with van der Waals surface area (Å²) < 4.78 is 2.16. The molecule has 0 aliphatic carbocycles. The van der Waals surface area contributed by atoms with E-state index < -0.39 is 0 Å². The van der Waals surface area contributed by atoms with Crippen molar-refractivity contribution in [2.45, 2.75) is 24.6 Å². The van der Waals surface area contributed by atoms with Crippen molar-refractivity contribution < 1.29 is 0 Å². The monoisotopic (exact) mass is 392 g/mol. The maximum absolute atomic E-state index is 4.64. The van der Waals surface area contributed by atoms with Crippen LogP contribution in [0.3, 0.4) is 0 Å². The van der Waals surface area contributed by atoms with E-state index in [-0.39, 0.29) is 0 Å². The molecule has 3 aromatic heterocycles. The zero-order chi connectivity index (χ0) is 18.9. The quantitative estimate of drug-likeness (QED) is 0.558. The van der Waals surface area contributed by atoms with Crippen LogP contribution < -0.4 is 5.32 Å². The summed E-state index contributed by atoms with van der Waals surface area (Å²) in [6, 6.07) is 8.12. The molecule has 1 fully saturated rings. The predicted octanol–water partition coefficient (Wildman–Crippen LogP) is 3.10. The lowest BCUT2D eigenvalue weighted by atomic mass is 10.1. The fourth-order valence-corrected chi connectivity index (χ4v) is 4.81. The van der Waals surface area contributed by atoms with E-state index >= 15 is 0 Å². The fraction of sp³-hybridized carbons (Fsp3) is 0.316. The topological polar surface area (TPSA) is 85.8 Å². The number of anilines is 1. The zero-order valence-corrected chi connectivity index (χ0v) is 16.3. The number of hydrogen-bond donors (Lipinski definition) is 1. The third-order valence-electron chi connectivity index (χ3n) is 4.87. The Balaban J connectivity index is 1.38. The fourth-order valence-electron chi connectivity index (χ4n) is 3.52. The van der Waals surface area contributed by atoms with Gasteiger partial charge in [-0.2, -0.15) is 16.6 Å². The standard InChI is InChI=1S/C19H20N8S/c1-26-24-17(23-25-26)14-5-2-4-13(10-14)11-21-18-19-22-12-15(16-6-3-9-28-16)27(19)8-7-20-18/h2,4-5,7-8,10,12,16H,3,6,9,11H2,1H3,(H,20,21)/t16-/m0/s1. The van der Waals surface area contributed by atoms with Gasteiger partial charge in [-0.1, -0.05) is 18.2 Å². The van der Waals surface area contributed by atoms with Gasteiger partial charge >= 0.3 is 0 Å². The van der Waals surface area contributed by atoms with Crippen LogP contribution in [0.2, 0.25) is 0 Å². The minimum absolute atomic E-state index is 0.529. The van der Waals surface area contributed by atoms with E-state index in [1.807, 2.05) is 42.5 Å². The van der Waals surface area contributed by atoms with Crippen molar-refractivity contribution >= 4 is 23.2 Å². The molecule has 4 aromatic rings. The molecular weight excluding hydrogens is 372 g/mol. The molecule has 0 saturated carbocycles. The van der Waals surface area contributed by atoms with Crippen molar-refractivity contribution in [3.63, 3.8) is 0 Å². The molecule has 4 heterocycles. The van der Waals surface area contributed by atoms with Crippen LogP contribution in [0.15, 0.2) is 42.9 Å². The van der Waals surface area contributed by atoms with E-state index in [0.29, 0.717) is 17.6 Å². The molecule has 5 rings (SSSR count). The van der Waals surface area contributed by atoms with Gasteiger partial charge in [0.1, 0.15) is 0 Å². The summed E-state index contributed by atoms with van der Waals surface area (Å²) in [5, 5.41) is 16.2. The Kier molecular flexibility index (Phi) is 4.44. The largest absolute Gasteiger partial charge is 0.363 e. The summed E-state index contributed by atoms with van der Waals surface area (Å²) in [5.74, 6) is 2.64. The number of benzene rings is 1. The van der Waals surface area contributed by atoms with E-state index in [2.05, 4.69) is 47.2 Å². The molecule has 9 heteroatoms. The summed E-state index contributed by atoms with van der Waals surface area (Å²) in [5.41, 5.74) is 4.20. The third-order valence-corrected chi connectivity index (χ3v) is 6.27. The summed E-state index contributed by atoms with van der Waals surface area (Å²) in [6.45, 7) is 0.640. The molecule has 1 saturated heterocycles. The Labute approximate surface area is 166 Å². The van der Waals surface area contributed by atoms with E-state index in [1.54, 1.807) is 7.05 Å². The van der Waals surface area contributed by atoms with Gasteiger partial charge < -0.3 is 5.32 Å². The van der Waals surface area contributed by atoms with Crippen LogP contribution in [-0.4, -0.2) is 40.3 Å². The van der Waals surface area contributed by atoms with E-state index in [1.165, 1.54) is 29.1 Å². The van der Waals surface area contributed by atoms with Crippen LogP contribution in [0.1, 0.15) is 29.3 Å². The minimum Gasteiger partial charge on any atom is -0.363 e. The second-order valence-corrected chi connectivity index (χ2v) is 8.12. The normalized spacial score (nSPS) is 16.7. The summed E-state index contributed by atoms with van der Waals surface area (Å²) >= 11 is 2.01. The van der Waals surface area contributed by atoms with E-state index in [4.69, 9.17) is 0 Å². The summed E-state index contributed by atoms with van der Waals surface area (Å²) in [6.07, 6.45) is 8.32. The van der Waals surface area contributed by atoms with Gasteiger partial charge in [0, 0.05) is 29.8 Å². The first-order valence-electron chi connectivity index (χ1n) is 9.29. The van der Waals surface area contributed by atoms with Crippen LogP contribution in [-0.2, 0) is 13.6 Å². The molecule has 1 N–H and O–H groups in total. The van der Waals surface area contributed by atoms with Crippen molar-refractivity contribution in [3.8, 4) is 11.4 Å². The first-order chi connectivity index (χ1) is 13.8. The van der Waals surface area contributed by atoms with Gasteiger partial charge in [-0.25, -0.2) is 9.97 Å². The lowest BCUT2D eigenvalue weighted by molar-refractivity contribution is 0.630. The zero-order valence-electron chi connectivity index (χ0n) is 15.5.